The molecule has 2 saturated heterocycles. The Morgan fingerprint density at radius 2 is 1.67 bits per heavy atom. The molecule has 1 aromatic carbocycles. The lowest BCUT2D eigenvalue weighted by Gasteiger charge is -2.45. The number of carbonyl (C=O) groups excluding carboxylic acids is 1. The van der Waals surface area contributed by atoms with Crippen LogP contribution in [0.1, 0.15) is 5.56 Å². The van der Waals surface area contributed by atoms with Gasteiger partial charge in [-0.15, -0.1) is 0 Å². The largest absolute Gasteiger partial charge is 0.504 e. The molecule has 0 amide bonds. The van der Waals surface area contributed by atoms with Crippen LogP contribution in [0, 0.1) is 0 Å². The quantitative estimate of drug-likeness (QED) is 0.124. The first kappa shape index (κ1) is 28.2. The molecular formula is C22H30O14. The van der Waals surface area contributed by atoms with Gasteiger partial charge in [0.2, 0.25) is 0 Å². The van der Waals surface area contributed by atoms with Crippen molar-refractivity contribution in [2.75, 3.05) is 20.3 Å². The SMILES string of the molecule is COc1cc(C=CC(=O)OC[C@H]2O[C@H](O)[C@H](O[C@@H]3O[C@H](CO)[C@@H](O)[C@H](O)[C@H]3O)[C@@H](O)[C@@H]2O)ccc1O. The molecule has 10 atom stereocenters. The van der Waals surface area contributed by atoms with Crippen LogP contribution in [0.15, 0.2) is 24.3 Å². The Bertz CT molecular complexity index is 907. The maximum Gasteiger partial charge on any atom is 0.330 e. The minimum atomic E-state index is -1.88. The monoisotopic (exact) mass is 518 g/mol. The Hall–Kier alpha value is -2.37. The molecule has 2 aliphatic rings. The number of phenols is 1. The summed E-state index contributed by atoms with van der Waals surface area (Å²) in [7, 11) is 1.37. The first-order valence-corrected chi connectivity index (χ1v) is 10.9. The number of aliphatic hydroxyl groups excluding tert-OH is 7. The Morgan fingerprint density at radius 3 is 2.33 bits per heavy atom. The van der Waals surface area contributed by atoms with Crippen molar-refractivity contribution in [1.82, 2.24) is 0 Å². The van der Waals surface area contributed by atoms with Crippen LogP contribution in [0.4, 0.5) is 0 Å². The van der Waals surface area contributed by atoms with Crippen LogP contribution >= 0.6 is 0 Å². The third kappa shape index (κ3) is 6.30. The Labute approximate surface area is 205 Å². The summed E-state index contributed by atoms with van der Waals surface area (Å²) in [5.74, 6) is -0.708. The van der Waals surface area contributed by atoms with Crippen LogP contribution in [0.5, 0.6) is 11.5 Å². The van der Waals surface area contributed by atoms with Gasteiger partial charge in [-0.2, -0.15) is 0 Å². The van der Waals surface area contributed by atoms with Gasteiger partial charge in [0, 0.05) is 6.08 Å². The average molecular weight is 518 g/mol. The Kier molecular flexibility index (Phi) is 9.59. The number of hydrogen-bond acceptors (Lipinski definition) is 14. The van der Waals surface area contributed by atoms with Gasteiger partial charge in [-0.05, 0) is 23.8 Å². The first-order chi connectivity index (χ1) is 17.1. The van der Waals surface area contributed by atoms with Gasteiger partial charge in [-0.3, -0.25) is 0 Å². The van der Waals surface area contributed by atoms with Crippen LogP contribution in [-0.2, 0) is 23.7 Å². The zero-order chi connectivity index (χ0) is 26.6. The average Bonchev–Trinajstić information content (AvgIpc) is 2.87. The molecule has 2 aliphatic heterocycles. The Balaban J connectivity index is 1.55. The zero-order valence-corrected chi connectivity index (χ0v) is 19.1. The number of aliphatic hydroxyl groups is 7. The molecule has 3 rings (SSSR count). The summed E-state index contributed by atoms with van der Waals surface area (Å²) in [5, 5.41) is 79.7. The number of phenolic OH excluding ortho intramolecular Hbond substituents is 1. The molecule has 14 heteroatoms. The van der Waals surface area contributed by atoms with E-state index in [9.17, 15) is 45.6 Å². The van der Waals surface area contributed by atoms with Gasteiger partial charge in [-0.25, -0.2) is 4.79 Å². The summed E-state index contributed by atoms with van der Waals surface area (Å²) >= 11 is 0. The van der Waals surface area contributed by atoms with E-state index in [0.717, 1.165) is 6.08 Å². The van der Waals surface area contributed by atoms with E-state index in [1.165, 1.54) is 31.4 Å². The second-order valence-electron chi connectivity index (χ2n) is 8.24. The lowest BCUT2D eigenvalue weighted by atomic mass is 9.97. The first-order valence-electron chi connectivity index (χ1n) is 10.9. The van der Waals surface area contributed by atoms with Crippen molar-refractivity contribution in [3.05, 3.63) is 29.8 Å². The number of methoxy groups -OCH3 is 1. The highest BCUT2D eigenvalue weighted by molar-refractivity contribution is 5.87. The summed E-state index contributed by atoms with van der Waals surface area (Å²) < 4.78 is 25.6. The molecule has 0 spiro atoms. The molecule has 2 fully saturated rings. The van der Waals surface area contributed by atoms with Gasteiger partial charge >= 0.3 is 5.97 Å². The molecule has 1 aromatic rings. The van der Waals surface area contributed by atoms with Crippen LogP contribution in [-0.4, -0.2) is 129 Å². The molecule has 0 aliphatic carbocycles. The van der Waals surface area contributed by atoms with Gasteiger partial charge < -0.3 is 64.5 Å². The predicted molar refractivity (Wildman–Crippen MR) is 116 cm³/mol. The summed E-state index contributed by atoms with van der Waals surface area (Å²) in [6.07, 6.45) is -14.1. The highest BCUT2D eigenvalue weighted by Crippen LogP contribution is 2.29. The highest BCUT2D eigenvalue weighted by atomic mass is 16.7. The van der Waals surface area contributed by atoms with Crippen molar-refractivity contribution in [2.24, 2.45) is 0 Å². The van der Waals surface area contributed by atoms with E-state index >= 15 is 0 Å². The maximum absolute atomic E-state index is 12.0. The second kappa shape index (κ2) is 12.2. The van der Waals surface area contributed by atoms with E-state index in [1.807, 2.05) is 0 Å². The van der Waals surface area contributed by atoms with E-state index in [4.69, 9.17) is 23.7 Å². The summed E-state index contributed by atoms with van der Waals surface area (Å²) in [5.41, 5.74) is 0.523. The number of esters is 1. The van der Waals surface area contributed by atoms with E-state index in [-0.39, 0.29) is 11.5 Å². The third-order valence-electron chi connectivity index (χ3n) is 5.81. The van der Waals surface area contributed by atoms with Crippen molar-refractivity contribution >= 4 is 12.0 Å². The standard InChI is InChI=1S/C22H30O14/c1-32-11-6-9(2-4-10(11)24)3-5-14(25)33-8-13-16(27)18(29)20(21(31)34-13)36-22-19(30)17(28)15(26)12(7-23)35-22/h2-6,12-13,15-24,26-31H,7-8H2,1H3/t12-,13-,15-,16-,17+,18+,19-,20-,21+,22+/m1/s1. The predicted octanol–water partition coefficient (Wildman–Crippen LogP) is -3.42. The fourth-order valence-corrected chi connectivity index (χ4v) is 3.71. The highest BCUT2D eigenvalue weighted by Gasteiger charge is 2.50. The molecule has 202 valence electrons. The van der Waals surface area contributed by atoms with Crippen LogP contribution in [0.3, 0.4) is 0 Å². The van der Waals surface area contributed by atoms with Crippen LogP contribution in [0.2, 0.25) is 0 Å². The Morgan fingerprint density at radius 1 is 0.972 bits per heavy atom. The van der Waals surface area contributed by atoms with Gasteiger partial charge in [0.1, 0.15) is 55.4 Å². The smallest absolute Gasteiger partial charge is 0.330 e. The van der Waals surface area contributed by atoms with E-state index in [2.05, 4.69) is 0 Å². The maximum atomic E-state index is 12.0. The fraction of sp³-hybridized carbons (Fsp3) is 0.591. The zero-order valence-electron chi connectivity index (χ0n) is 19.1. The third-order valence-corrected chi connectivity index (χ3v) is 5.81. The van der Waals surface area contributed by atoms with Crippen molar-refractivity contribution in [1.29, 1.82) is 0 Å². The molecule has 36 heavy (non-hydrogen) atoms. The summed E-state index contributed by atoms with van der Waals surface area (Å²) in [6.45, 7) is -1.27. The van der Waals surface area contributed by atoms with Crippen molar-refractivity contribution in [2.45, 2.75) is 61.4 Å². The molecule has 2 heterocycles. The minimum Gasteiger partial charge on any atom is -0.504 e. The van der Waals surface area contributed by atoms with Crippen LogP contribution in [0.25, 0.3) is 6.08 Å². The van der Waals surface area contributed by atoms with Gasteiger partial charge in [-0.1, -0.05) is 6.07 Å². The molecule has 0 bridgehead atoms. The van der Waals surface area contributed by atoms with Crippen molar-refractivity contribution in [3.63, 3.8) is 0 Å². The second-order valence-corrected chi connectivity index (χ2v) is 8.24. The van der Waals surface area contributed by atoms with Gasteiger partial charge in [0.15, 0.2) is 24.1 Å². The number of hydrogen-bond donors (Lipinski definition) is 8. The normalized spacial score (nSPS) is 37.1. The molecular weight excluding hydrogens is 488 g/mol. The van der Waals surface area contributed by atoms with Crippen molar-refractivity contribution < 1.29 is 69.3 Å². The van der Waals surface area contributed by atoms with E-state index in [0.29, 0.717) is 5.56 Å². The molecule has 0 radical (unpaired) electrons. The fourth-order valence-electron chi connectivity index (χ4n) is 3.71. The summed E-state index contributed by atoms with van der Waals surface area (Å²) in [6, 6.07) is 4.38. The number of benzene rings is 1. The molecule has 0 saturated carbocycles. The number of aromatic hydroxyl groups is 1. The topological polar surface area (TPSA) is 225 Å². The molecule has 0 unspecified atom stereocenters. The van der Waals surface area contributed by atoms with Gasteiger partial charge in [0.25, 0.3) is 0 Å². The lowest BCUT2D eigenvalue weighted by molar-refractivity contribution is -0.361. The van der Waals surface area contributed by atoms with Gasteiger partial charge in [0.05, 0.1) is 13.7 Å². The van der Waals surface area contributed by atoms with Crippen molar-refractivity contribution in [3.8, 4) is 11.5 Å². The number of ether oxygens (including phenoxy) is 5. The number of rotatable bonds is 8. The minimum absolute atomic E-state index is 0.0772. The van der Waals surface area contributed by atoms with E-state index in [1.54, 1.807) is 0 Å². The lowest BCUT2D eigenvalue weighted by Crippen LogP contribution is -2.64. The summed E-state index contributed by atoms with van der Waals surface area (Å²) in [4.78, 5) is 12.0. The molecule has 8 N–H and O–H groups in total. The number of carbonyl (C=O) groups is 1. The van der Waals surface area contributed by atoms with E-state index < -0.39 is 80.6 Å². The molecule has 14 nitrogen and oxygen atoms in total. The van der Waals surface area contributed by atoms with Crippen LogP contribution < -0.4 is 4.74 Å². The molecule has 0 aromatic heterocycles.